The van der Waals surface area contributed by atoms with E-state index in [-0.39, 0.29) is 0 Å². The molecule has 2 N–H and O–H groups in total. The van der Waals surface area contributed by atoms with E-state index in [0.29, 0.717) is 0 Å². The van der Waals surface area contributed by atoms with Crippen molar-refractivity contribution in [2.75, 3.05) is 11.5 Å². The molecular formula is C26H48NS2+. The van der Waals surface area contributed by atoms with Gasteiger partial charge in [0.15, 0.2) is 0 Å². The zero-order chi connectivity index (χ0) is 20.9. The fourth-order valence-corrected chi connectivity index (χ4v) is 7.17. The Labute approximate surface area is 190 Å². The van der Waals surface area contributed by atoms with Crippen molar-refractivity contribution >= 4 is 29.2 Å². The molecule has 0 amide bonds. The van der Waals surface area contributed by atoms with Gasteiger partial charge in [-0.2, -0.15) is 23.5 Å². The molecule has 1 nitrogen and oxygen atoms in total. The van der Waals surface area contributed by atoms with Gasteiger partial charge in [0.25, 0.3) is 0 Å². The molecule has 168 valence electrons. The van der Waals surface area contributed by atoms with E-state index in [1.54, 1.807) is 0 Å². The minimum absolute atomic E-state index is 0.945. The van der Waals surface area contributed by atoms with Crippen LogP contribution in [0.3, 0.4) is 0 Å². The van der Waals surface area contributed by atoms with Crippen molar-refractivity contribution in [2.24, 2.45) is 11.8 Å². The van der Waals surface area contributed by atoms with Crippen molar-refractivity contribution in [1.29, 1.82) is 0 Å². The van der Waals surface area contributed by atoms with Gasteiger partial charge in [-0.25, -0.2) is 0 Å². The first-order valence-electron chi connectivity index (χ1n) is 12.6. The lowest BCUT2D eigenvalue weighted by Crippen LogP contribution is -2.39. The molecule has 0 aromatic carbocycles. The highest BCUT2D eigenvalue weighted by Gasteiger charge is 2.27. The molecule has 0 spiro atoms. The Morgan fingerprint density at radius 1 is 0.690 bits per heavy atom. The number of hydrogen-bond acceptors (Lipinski definition) is 2. The molecule has 0 aromatic heterocycles. The predicted octanol–water partition coefficient (Wildman–Crippen LogP) is 7.10. The lowest BCUT2D eigenvalue weighted by molar-refractivity contribution is -0.119. The molecule has 4 unspecified atom stereocenters. The van der Waals surface area contributed by atoms with Crippen molar-refractivity contribution in [2.45, 2.75) is 121 Å². The molecule has 0 aliphatic heterocycles. The average Bonchev–Trinajstić information content (AvgIpc) is 2.70. The van der Waals surface area contributed by atoms with Crippen molar-refractivity contribution in [3.63, 3.8) is 0 Å². The highest BCUT2D eigenvalue weighted by Crippen LogP contribution is 2.38. The maximum atomic E-state index is 6.24. The van der Waals surface area contributed by atoms with Gasteiger partial charge in [0.05, 0.1) is 0 Å². The van der Waals surface area contributed by atoms with Gasteiger partial charge in [0.2, 0.25) is 0 Å². The van der Waals surface area contributed by atoms with E-state index < -0.39 is 0 Å². The molecule has 2 fully saturated rings. The summed E-state index contributed by atoms with van der Waals surface area (Å²) in [5, 5.41) is 8.15. The summed E-state index contributed by atoms with van der Waals surface area (Å²) in [5.41, 5.74) is 2.72. The summed E-state index contributed by atoms with van der Waals surface area (Å²) < 4.78 is 0. The van der Waals surface area contributed by atoms with Crippen LogP contribution in [-0.2, 0) is 0 Å². The first-order chi connectivity index (χ1) is 14.1. The Morgan fingerprint density at radius 3 is 1.69 bits per heavy atom. The standard InChI is InChI=1S/C26H47NS2/c1-21(12-8-9-19-28-25-17-15-22(25)2)11-6-4-5-7-13-24(27)14-10-20-29-26-18-16-23(26)3/h22-23,25-27H,1,4-20H2,2-3H3/p+1. The lowest BCUT2D eigenvalue weighted by atomic mass is 9.87. The normalized spacial score (nSPS) is 26.0. The van der Waals surface area contributed by atoms with Crippen LogP contribution in [-0.4, -0.2) is 27.7 Å². The first-order valence-corrected chi connectivity index (χ1v) is 14.7. The van der Waals surface area contributed by atoms with E-state index in [2.05, 4.69) is 44.0 Å². The molecule has 29 heavy (non-hydrogen) atoms. The summed E-state index contributed by atoms with van der Waals surface area (Å²) in [6.07, 6.45) is 19.8. The van der Waals surface area contributed by atoms with Crippen LogP contribution in [0.5, 0.6) is 0 Å². The molecule has 2 aliphatic carbocycles. The summed E-state index contributed by atoms with van der Waals surface area (Å²) in [5.74, 6) is 4.59. The SMILES string of the molecule is C=C(CCCCCCC(=[NH2+])CCCSC1CCC1C)CCCCSC1CCC1C. The topological polar surface area (TPSA) is 25.6 Å². The molecule has 2 rings (SSSR count). The minimum Gasteiger partial charge on any atom is -0.261 e. The maximum Gasteiger partial charge on any atom is 0.149 e. The molecule has 0 saturated heterocycles. The highest BCUT2D eigenvalue weighted by atomic mass is 32.2. The minimum atomic E-state index is 0.945. The fourth-order valence-electron chi connectivity index (χ4n) is 4.34. The number of rotatable bonds is 18. The smallest absolute Gasteiger partial charge is 0.149 e. The third kappa shape index (κ3) is 10.8. The second kappa shape index (κ2) is 15.0. The fraction of sp³-hybridized carbons (Fsp3) is 0.885. The van der Waals surface area contributed by atoms with Crippen LogP contribution in [0.4, 0.5) is 0 Å². The zero-order valence-corrected chi connectivity index (χ0v) is 21.1. The second-order valence-electron chi connectivity index (χ2n) is 9.81. The molecule has 4 atom stereocenters. The molecule has 0 heterocycles. The summed E-state index contributed by atoms with van der Waals surface area (Å²) in [7, 11) is 0. The van der Waals surface area contributed by atoms with Crippen LogP contribution in [0, 0.1) is 11.8 Å². The Bertz CT molecular complexity index is 475. The monoisotopic (exact) mass is 438 g/mol. The van der Waals surface area contributed by atoms with Gasteiger partial charge < -0.3 is 0 Å². The average molecular weight is 439 g/mol. The largest absolute Gasteiger partial charge is 0.261 e. The van der Waals surface area contributed by atoms with E-state index in [9.17, 15) is 0 Å². The number of nitrogens with two attached hydrogens (primary N) is 1. The molecule has 2 saturated carbocycles. The van der Waals surface area contributed by atoms with Gasteiger partial charge in [-0.3, -0.25) is 5.41 Å². The third-order valence-electron chi connectivity index (χ3n) is 7.09. The summed E-state index contributed by atoms with van der Waals surface area (Å²) >= 11 is 4.41. The Morgan fingerprint density at radius 2 is 1.17 bits per heavy atom. The summed E-state index contributed by atoms with van der Waals surface area (Å²) in [6.45, 7) is 9.11. The molecule has 0 aromatic rings. The molecule has 0 radical (unpaired) electrons. The zero-order valence-electron chi connectivity index (χ0n) is 19.4. The quantitative estimate of drug-likeness (QED) is 0.140. The van der Waals surface area contributed by atoms with Crippen molar-refractivity contribution < 1.29 is 5.41 Å². The molecular weight excluding hydrogens is 390 g/mol. The van der Waals surface area contributed by atoms with Gasteiger partial charge in [0.1, 0.15) is 5.71 Å². The number of thioether (sulfide) groups is 2. The van der Waals surface area contributed by atoms with Gasteiger partial charge in [0, 0.05) is 23.3 Å². The van der Waals surface area contributed by atoms with Crippen molar-refractivity contribution in [3.8, 4) is 0 Å². The van der Waals surface area contributed by atoms with Gasteiger partial charge in [-0.05, 0) is 94.0 Å². The van der Waals surface area contributed by atoms with E-state index in [1.165, 1.54) is 106 Å². The van der Waals surface area contributed by atoms with E-state index in [0.717, 1.165) is 35.2 Å². The number of allylic oxidation sites excluding steroid dienone is 1. The van der Waals surface area contributed by atoms with Gasteiger partial charge >= 0.3 is 0 Å². The Balaban J connectivity index is 1.29. The second-order valence-corrected chi connectivity index (χ2v) is 12.5. The van der Waals surface area contributed by atoms with E-state index in [1.807, 2.05) is 0 Å². The Hall–Kier alpha value is 0.110. The third-order valence-corrected chi connectivity index (χ3v) is 10.4. The summed E-state index contributed by atoms with van der Waals surface area (Å²) in [4.78, 5) is 0. The van der Waals surface area contributed by atoms with Crippen molar-refractivity contribution in [3.05, 3.63) is 12.2 Å². The number of hydrogen-bond donors (Lipinski definition) is 1. The van der Waals surface area contributed by atoms with Crippen LogP contribution >= 0.6 is 23.5 Å². The summed E-state index contributed by atoms with van der Waals surface area (Å²) in [6, 6.07) is 0. The van der Waals surface area contributed by atoms with Crippen LogP contribution in [0.1, 0.15) is 110 Å². The molecule has 2 aliphatic rings. The molecule has 3 heteroatoms. The Kier molecular flexibility index (Phi) is 13.1. The van der Waals surface area contributed by atoms with Crippen LogP contribution < -0.4 is 5.41 Å². The maximum absolute atomic E-state index is 6.24. The van der Waals surface area contributed by atoms with E-state index in [4.69, 9.17) is 5.41 Å². The first kappa shape index (κ1) is 25.4. The van der Waals surface area contributed by atoms with Gasteiger partial charge in [-0.1, -0.05) is 38.8 Å². The van der Waals surface area contributed by atoms with Crippen LogP contribution in [0.25, 0.3) is 0 Å². The van der Waals surface area contributed by atoms with E-state index >= 15 is 0 Å². The van der Waals surface area contributed by atoms with Crippen LogP contribution in [0.2, 0.25) is 0 Å². The molecule has 0 bridgehead atoms. The number of unbranched alkanes of at least 4 members (excludes halogenated alkanes) is 4. The predicted molar refractivity (Wildman–Crippen MR) is 136 cm³/mol. The van der Waals surface area contributed by atoms with Crippen LogP contribution in [0.15, 0.2) is 12.2 Å². The van der Waals surface area contributed by atoms with Crippen molar-refractivity contribution in [1.82, 2.24) is 0 Å². The highest BCUT2D eigenvalue weighted by molar-refractivity contribution is 8.00. The lowest BCUT2D eigenvalue weighted by Gasteiger charge is -2.33. The van der Waals surface area contributed by atoms with Gasteiger partial charge in [-0.15, -0.1) is 0 Å².